The van der Waals surface area contributed by atoms with Gasteiger partial charge in [0, 0.05) is 23.4 Å². The highest BCUT2D eigenvalue weighted by atomic mass is 35.5. The summed E-state index contributed by atoms with van der Waals surface area (Å²) >= 11 is 5.87. The van der Waals surface area contributed by atoms with Gasteiger partial charge in [0.05, 0.1) is 17.2 Å². The van der Waals surface area contributed by atoms with Crippen molar-refractivity contribution in [2.45, 2.75) is 13.5 Å². The van der Waals surface area contributed by atoms with Crippen molar-refractivity contribution in [2.24, 2.45) is 5.10 Å². The van der Waals surface area contributed by atoms with Crippen molar-refractivity contribution in [1.29, 1.82) is 0 Å². The number of halogens is 1. The van der Waals surface area contributed by atoms with Crippen molar-refractivity contribution in [2.75, 3.05) is 0 Å². The summed E-state index contributed by atoms with van der Waals surface area (Å²) in [4.78, 5) is 22.4. The van der Waals surface area contributed by atoms with E-state index in [4.69, 9.17) is 11.6 Å². The van der Waals surface area contributed by atoms with Gasteiger partial charge in [0.1, 0.15) is 0 Å². The van der Waals surface area contributed by atoms with Crippen molar-refractivity contribution in [1.82, 2.24) is 15.2 Å². The first-order valence-electron chi connectivity index (χ1n) is 8.30. The van der Waals surface area contributed by atoms with Crippen LogP contribution < -0.4 is 5.43 Å². The van der Waals surface area contributed by atoms with Crippen LogP contribution in [0.25, 0.3) is 0 Å². The van der Waals surface area contributed by atoms with Gasteiger partial charge in [0.15, 0.2) is 5.69 Å². The normalized spacial score (nSPS) is 11.3. The maximum Gasteiger partial charge on any atom is 0.291 e. The molecule has 0 saturated carbocycles. The van der Waals surface area contributed by atoms with Gasteiger partial charge >= 0.3 is 0 Å². The number of hydrazone groups is 1. The average Bonchev–Trinajstić information content (AvgIpc) is 3.16. The molecule has 28 heavy (non-hydrogen) atoms. The van der Waals surface area contributed by atoms with Gasteiger partial charge in [-0.3, -0.25) is 19.6 Å². The predicted octanol–water partition coefficient (Wildman–Crippen LogP) is 3.65. The second-order valence-corrected chi connectivity index (χ2v) is 6.40. The number of nitro groups is 1. The smallest absolute Gasteiger partial charge is 0.268 e. The van der Waals surface area contributed by atoms with Crippen molar-refractivity contribution in [3.8, 4) is 0 Å². The van der Waals surface area contributed by atoms with E-state index in [1.807, 2.05) is 12.1 Å². The molecule has 0 bridgehead atoms. The van der Waals surface area contributed by atoms with Gasteiger partial charge < -0.3 is 0 Å². The van der Waals surface area contributed by atoms with Gasteiger partial charge in [-0.05, 0) is 48.4 Å². The summed E-state index contributed by atoms with van der Waals surface area (Å²) in [6, 6.07) is 14.9. The lowest BCUT2D eigenvalue weighted by molar-refractivity contribution is -0.384. The lowest BCUT2D eigenvalue weighted by atomic mass is 10.1. The molecule has 0 atom stereocenters. The largest absolute Gasteiger partial charge is 0.291 e. The third-order valence-electron chi connectivity index (χ3n) is 3.95. The van der Waals surface area contributed by atoms with Gasteiger partial charge in [-0.1, -0.05) is 23.7 Å². The van der Waals surface area contributed by atoms with Crippen molar-refractivity contribution < 1.29 is 9.72 Å². The molecule has 0 fully saturated rings. The Morgan fingerprint density at radius 3 is 2.50 bits per heavy atom. The lowest BCUT2D eigenvalue weighted by Gasteiger charge is -2.03. The molecular weight excluding hydrogens is 382 g/mol. The molecule has 3 rings (SSSR count). The van der Waals surface area contributed by atoms with E-state index in [9.17, 15) is 14.9 Å². The second kappa shape index (κ2) is 8.45. The Morgan fingerprint density at radius 2 is 1.86 bits per heavy atom. The zero-order valence-electron chi connectivity index (χ0n) is 14.9. The number of benzene rings is 2. The number of hydrogen-bond donors (Lipinski definition) is 1. The molecule has 8 nitrogen and oxygen atoms in total. The summed E-state index contributed by atoms with van der Waals surface area (Å²) < 4.78 is 1.64. The third-order valence-corrected chi connectivity index (χ3v) is 4.20. The van der Waals surface area contributed by atoms with Crippen LogP contribution >= 0.6 is 11.6 Å². The van der Waals surface area contributed by atoms with Crippen LogP contribution in [0.2, 0.25) is 5.02 Å². The molecule has 1 heterocycles. The lowest BCUT2D eigenvalue weighted by Crippen LogP contribution is -2.20. The standard InChI is InChI=1S/C19H16ClN5O3/c1-13(15-4-8-17(9-5-15)25(27)28)21-22-19(26)18-10-11-24(23-18)12-14-2-6-16(20)7-3-14/h2-11H,12H2,1H3,(H,22,26)/b21-13+. The Morgan fingerprint density at radius 1 is 1.18 bits per heavy atom. The van der Waals surface area contributed by atoms with E-state index in [2.05, 4.69) is 15.6 Å². The highest BCUT2D eigenvalue weighted by molar-refractivity contribution is 6.30. The van der Waals surface area contributed by atoms with Crippen LogP contribution in [-0.4, -0.2) is 26.3 Å². The molecule has 0 radical (unpaired) electrons. The number of nitrogens with zero attached hydrogens (tertiary/aromatic N) is 4. The van der Waals surface area contributed by atoms with Crippen molar-refractivity contribution >= 4 is 28.9 Å². The average molecular weight is 398 g/mol. The topological polar surface area (TPSA) is 102 Å². The van der Waals surface area contributed by atoms with E-state index in [-0.39, 0.29) is 11.4 Å². The number of amides is 1. The molecule has 9 heteroatoms. The molecule has 0 aliphatic rings. The summed E-state index contributed by atoms with van der Waals surface area (Å²) in [5.41, 5.74) is 4.85. The first-order chi connectivity index (χ1) is 13.4. The van der Waals surface area contributed by atoms with E-state index >= 15 is 0 Å². The molecule has 0 aliphatic heterocycles. The molecule has 142 valence electrons. The highest BCUT2D eigenvalue weighted by Gasteiger charge is 2.10. The fourth-order valence-electron chi connectivity index (χ4n) is 2.43. The molecule has 0 saturated heterocycles. The number of nitrogens with one attached hydrogen (secondary N) is 1. The summed E-state index contributed by atoms with van der Waals surface area (Å²) in [6.07, 6.45) is 1.70. The monoisotopic (exact) mass is 397 g/mol. The Kier molecular flexibility index (Phi) is 5.81. The van der Waals surface area contributed by atoms with E-state index in [1.54, 1.807) is 48.1 Å². The Hall–Kier alpha value is -3.52. The number of aromatic nitrogens is 2. The molecule has 0 aliphatic carbocycles. The highest BCUT2D eigenvalue weighted by Crippen LogP contribution is 2.13. The number of carbonyl (C=O) groups is 1. The van der Waals surface area contributed by atoms with Crippen LogP contribution in [0.5, 0.6) is 0 Å². The zero-order valence-corrected chi connectivity index (χ0v) is 15.6. The zero-order chi connectivity index (χ0) is 20.1. The molecule has 0 unspecified atom stereocenters. The number of rotatable bonds is 6. The quantitative estimate of drug-likeness (QED) is 0.389. The van der Waals surface area contributed by atoms with Crippen LogP contribution in [0, 0.1) is 10.1 Å². The minimum Gasteiger partial charge on any atom is -0.268 e. The molecule has 3 aromatic rings. The maximum atomic E-state index is 12.2. The first kappa shape index (κ1) is 19.2. The van der Waals surface area contributed by atoms with Gasteiger partial charge in [0.2, 0.25) is 0 Å². The first-order valence-corrected chi connectivity index (χ1v) is 8.67. The fraction of sp³-hybridized carbons (Fsp3) is 0.105. The van der Waals surface area contributed by atoms with Gasteiger partial charge in [-0.15, -0.1) is 0 Å². The predicted molar refractivity (Wildman–Crippen MR) is 106 cm³/mol. The number of non-ortho nitro benzene ring substituents is 1. The summed E-state index contributed by atoms with van der Waals surface area (Å²) in [6.45, 7) is 2.20. The Labute approximate surface area is 165 Å². The SMILES string of the molecule is C/C(=N\NC(=O)c1ccn(Cc2ccc(Cl)cc2)n1)c1ccc([N+](=O)[O-])cc1. The Balaban J connectivity index is 1.62. The van der Waals surface area contributed by atoms with Crippen LogP contribution in [0.15, 0.2) is 65.9 Å². The molecule has 1 aromatic heterocycles. The minimum atomic E-state index is -0.474. The van der Waals surface area contributed by atoms with E-state index in [0.717, 1.165) is 5.56 Å². The molecule has 0 spiro atoms. The Bertz CT molecular complexity index is 1030. The van der Waals surface area contributed by atoms with Gasteiger partial charge in [0.25, 0.3) is 11.6 Å². The maximum absolute atomic E-state index is 12.2. The van der Waals surface area contributed by atoms with E-state index in [0.29, 0.717) is 22.8 Å². The third kappa shape index (κ3) is 4.80. The van der Waals surface area contributed by atoms with E-state index < -0.39 is 10.8 Å². The summed E-state index contributed by atoms with van der Waals surface area (Å²) in [5, 5.41) is 19.6. The number of nitro benzene ring substituents is 1. The summed E-state index contributed by atoms with van der Waals surface area (Å²) in [7, 11) is 0. The van der Waals surface area contributed by atoms with Gasteiger partial charge in [-0.25, -0.2) is 5.43 Å². The molecule has 1 N–H and O–H groups in total. The van der Waals surface area contributed by atoms with Crippen LogP contribution in [-0.2, 0) is 6.54 Å². The van der Waals surface area contributed by atoms with Crippen LogP contribution in [0.3, 0.4) is 0 Å². The van der Waals surface area contributed by atoms with Crippen molar-refractivity contribution in [3.63, 3.8) is 0 Å². The summed E-state index contributed by atoms with van der Waals surface area (Å²) in [5.74, 6) is -0.448. The second-order valence-electron chi connectivity index (χ2n) is 5.97. The molecule has 2 aromatic carbocycles. The van der Waals surface area contributed by atoms with Crippen LogP contribution in [0.1, 0.15) is 28.5 Å². The molecular formula is C19H16ClN5O3. The van der Waals surface area contributed by atoms with E-state index in [1.165, 1.54) is 12.1 Å². The van der Waals surface area contributed by atoms with Gasteiger partial charge in [-0.2, -0.15) is 10.2 Å². The molecule has 1 amide bonds. The number of carbonyl (C=O) groups excluding carboxylic acids is 1. The fourth-order valence-corrected chi connectivity index (χ4v) is 2.55. The minimum absolute atomic E-state index is 0.00758. The van der Waals surface area contributed by atoms with Crippen LogP contribution in [0.4, 0.5) is 5.69 Å². The van der Waals surface area contributed by atoms with Crippen molar-refractivity contribution in [3.05, 3.63) is 92.8 Å². The number of hydrogen-bond acceptors (Lipinski definition) is 5.